The van der Waals surface area contributed by atoms with Gasteiger partial charge in [0, 0.05) is 41.6 Å². The number of benzene rings is 2. The molecule has 3 aromatic rings. The van der Waals surface area contributed by atoms with E-state index in [1.807, 2.05) is 23.1 Å². The fourth-order valence-electron chi connectivity index (χ4n) is 3.73. The molecular formula is C22H18Cl3N5O2. The number of nitrogens with one attached hydrogen (secondary N) is 1. The van der Waals surface area contributed by atoms with Crippen molar-refractivity contribution in [1.29, 1.82) is 5.26 Å². The third kappa shape index (κ3) is 4.74. The molecule has 1 saturated heterocycles. The second kappa shape index (κ2) is 9.88. The molecule has 32 heavy (non-hydrogen) atoms. The number of ether oxygens (including phenoxy) is 1. The number of carbonyl (C=O) groups excluding carboxylic acids is 1. The van der Waals surface area contributed by atoms with Crippen molar-refractivity contribution in [2.24, 2.45) is 0 Å². The summed E-state index contributed by atoms with van der Waals surface area (Å²) in [4.78, 5) is 23.2. The number of carbonyl (C=O) groups is 1. The smallest absolute Gasteiger partial charge is 0.226 e. The van der Waals surface area contributed by atoms with E-state index in [1.165, 1.54) is 0 Å². The van der Waals surface area contributed by atoms with Gasteiger partial charge >= 0.3 is 0 Å². The molecule has 1 atom stereocenters. The molecule has 2 aromatic carbocycles. The fourth-order valence-corrected chi connectivity index (χ4v) is 4.44. The van der Waals surface area contributed by atoms with Gasteiger partial charge in [-0.15, -0.1) is 0 Å². The van der Waals surface area contributed by atoms with Crippen molar-refractivity contribution in [2.75, 3.05) is 31.1 Å². The Hall–Kier alpha value is -2.63. The lowest BCUT2D eigenvalue weighted by molar-refractivity contribution is 0.0923. The van der Waals surface area contributed by atoms with Crippen LogP contribution in [0.1, 0.15) is 16.8 Å². The molecule has 0 radical (unpaired) electrons. The van der Waals surface area contributed by atoms with Gasteiger partial charge in [0.25, 0.3) is 0 Å². The summed E-state index contributed by atoms with van der Waals surface area (Å²) in [6.07, 6.45) is 0.347. The summed E-state index contributed by atoms with van der Waals surface area (Å²) in [5.41, 5.74) is 0.455. The third-order valence-electron chi connectivity index (χ3n) is 5.17. The van der Waals surface area contributed by atoms with E-state index in [0.717, 1.165) is 5.39 Å². The molecule has 0 aliphatic carbocycles. The van der Waals surface area contributed by atoms with Gasteiger partial charge in [-0.3, -0.25) is 4.79 Å². The van der Waals surface area contributed by atoms with E-state index in [0.29, 0.717) is 47.8 Å². The van der Waals surface area contributed by atoms with Gasteiger partial charge in [0.15, 0.2) is 23.3 Å². The molecular weight excluding hydrogens is 473 g/mol. The van der Waals surface area contributed by atoms with Crippen LogP contribution in [-0.2, 0) is 0 Å². The maximum Gasteiger partial charge on any atom is 0.226 e. The number of piperazine rings is 1. The van der Waals surface area contributed by atoms with Gasteiger partial charge in [-0.2, -0.15) is 10.2 Å². The standard InChI is InChI=1S/C22H18Cl3N5O2/c23-16-6-2-4-13-3-1-5-15(18(13)16)17(31)12-32-19-20(24)28-22(25)29-21(19)30-10-9-27-14(11-30)7-8-26/h1-6,14,27H,7,9-12H2/t14-/m0/s1. The number of Topliss-reactive ketones (excluding diaryl/α,β-unsaturated/α-hetero) is 1. The van der Waals surface area contributed by atoms with Gasteiger partial charge in [-0.25, -0.2) is 4.98 Å². The first-order valence-corrected chi connectivity index (χ1v) is 11.0. The minimum absolute atomic E-state index is 0.0131. The highest BCUT2D eigenvalue weighted by Crippen LogP contribution is 2.35. The van der Waals surface area contributed by atoms with Crippen LogP contribution in [0.4, 0.5) is 5.82 Å². The molecule has 4 rings (SSSR count). The minimum atomic E-state index is -0.282. The first-order valence-electron chi connectivity index (χ1n) is 9.89. The minimum Gasteiger partial charge on any atom is -0.478 e. The predicted octanol–water partition coefficient (Wildman–Crippen LogP) is 4.54. The maximum absolute atomic E-state index is 13.0. The molecule has 1 aromatic heterocycles. The van der Waals surface area contributed by atoms with E-state index in [4.69, 9.17) is 44.8 Å². The first kappa shape index (κ1) is 22.6. The van der Waals surface area contributed by atoms with Gasteiger partial charge in [0.2, 0.25) is 11.1 Å². The van der Waals surface area contributed by atoms with Crippen LogP contribution in [-0.4, -0.2) is 48.0 Å². The van der Waals surface area contributed by atoms with Gasteiger partial charge in [-0.1, -0.05) is 53.5 Å². The average Bonchev–Trinajstić information content (AvgIpc) is 2.78. The zero-order valence-corrected chi connectivity index (χ0v) is 19.1. The Kier molecular flexibility index (Phi) is 6.97. The summed E-state index contributed by atoms with van der Waals surface area (Å²) in [6, 6.07) is 13.0. The van der Waals surface area contributed by atoms with Crippen LogP contribution < -0.4 is 15.0 Å². The van der Waals surface area contributed by atoms with Crippen LogP contribution in [0.25, 0.3) is 10.8 Å². The van der Waals surface area contributed by atoms with Crippen LogP contribution in [0.3, 0.4) is 0 Å². The zero-order chi connectivity index (χ0) is 22.7. The number of anilines is 1. The van der Waals surface area contributed by atoms with Crippen LogP contribution in [0.5, 0.6) is 5.75 Å². The van der Waals surface area contributed by atoms with E-state index >= 15 is 0 Å². The Labute approximate surface area is 199 Å². The molecule has 0 bridgehead atoms. The van der Waals surface area contributed by atoms with Gasteiger partial charge in [-0.05, 0) is 23.1 Å². The molecule has 0 amide bonds. The molecule has 2 heterocycles. The molecule has 0 unspecified atom stereocenters. The normalized spacial score (nSPS) is 16.1. The molecule has 10 heteroatoms. The molecule has 0 saturated carbocycles. The third-order valence-corrected chi connectivity index (χ3v) is 5.91. The summed E-state index contributed by atoms with van der Waals surface area (Å²) in [7, 11) is 0. The predicted molar refractivity (Wildman–Crippen MR) is 125 cm³/mol. The van der Waals surface area contributed by atoms with E-state index in [2.05, 4.69) is 21.4 Å². The van der Waals surface area contributed by atoms with Crippen LogP contribution in [0, 0.1) is 11.3 Å². The zero-order valence-electron chi connectivity index (χ0n) is 16.8. The molecule has 1 fully saturated rings. The number of hydrogen-bond donors (Lipinski definition) is 1. The second-order valence-electron chi connectivity index (χ2n) is 7.25. The number of aromatic nitrogens is 2. The van der Waals surface area contributed by atoms with E-state index in [9.17, 15) is 4.79 Å². The lowest BCUT2D eigenvalue weighted by Gasteiger charge is -2.34. The Morgan fingerprint density at radius 2 is 2.00 bits per heavy atom. The molecule has 1 N–H and O–H groups in total. The average molecular weight is 491 g/mol. The number of ketones is 1. The summed E-state index contributed by atoms with van der Waals surface area (Å²) < 4.78 is 5.84. The quantitative estimate of drug-likeness (QED) is 0.308. The topological polar surface area (TPSA) is 91.1 Å². The number of nitrogens with zero attached hydrogens (tertiary/aromatic N) is 4. The monoisotopic (exact) mass is 489 g/mol. The number of fused-ring (bicyclic) bond motifs is 1. The highest BCUT2D eigenvalue weighted by Gasteiger charge is 2.26. The van der Waals surface area contributed by atoms with Gasteiger partial charge in [0.05, 0.1) is 12.5 Å². The van der Waals surface area contributed by atoms with Crippen LogP contribution in [0.15, 0.2) is 36.4 Å². The Morgan fingerprint density at radius 3 is 2.78 bits per heavy atom. The molecule has 1 aliphatic rings. The number of hydrogen-bond acceptors (Lipinski definition) is 7. The van der Waals surface area contributed by atoms with Crippen LogP contribution >= 0.6 is 34.8 Å². The van der Waals surface area contributed by atoms with E-state index in [-0.39, 0.29) is 34.6 Å². The van der Waals surface area contributed by atoms with Crippen molar-refractivity contribution in [3.05, 3.63) is 57.4 Å². The lowest BCUT2D eigenvalue weighted by Crippen LogP contribution is -2.51. The Morgan fingerprint density at radius 1 is 1.22 bits per heavy atom. The van der Waals surface area contributed by atoms with Crippen molar-refractivity contribution in [2.45, 2.75) is 12.5 Å². The van der Waals surface area contributed by atoms with E-state index < -0.39 is 0 Å². The van der Waals surface area contributed by atoms with Crippen LogP contribution in [0.2, 0.25) is 15.5 Å². The van der Waals surface area contributed by atoms with Crippen molar-refractivity contribution < 1.29 is 9.53 Å². The Balaban J connectivity index is 1.60. The number of nitriles is 1. The molecule has 0 spiro atoms. The maximum atomic E-state index is 13.0. The number of rotatable bonds is 6. The van der Waals surface area contributed by atoms with Crippen molar-refractivity contribution >= 4 is 57.2 Å². The summed E-state index contributed by atoms with van der Waals surface area (Å²) in [5, 5.41) is 14.3. The number of halogens is 3. The largest absolute Gasteiger partial charge is 0.478 e. The van der Waals surface area contributed by atoms with E-state index in [1.54, 1.807) is 18.2 Å². The molecule has 1 aliphatic heterocycles. The highest BCUT2D eigenvalue weighted by atomic mass is 35.5. The summed E-state index contributed by atoms with van der Waals surface area (Å²) in [5.74, 6) is 0.305. The summed E-state index contributed by atoms with van der Waals surface area (Å²) in [6.45, 7) is 1.49. The Bertz CT molecular complexity index is 1210. The SMILES string of the molecule is N#CC[C@H]1CN(c2nc(Cl)nc(Cl)c2OCC(=O)c2cccc3cccc(Cl)c23)CCN1. The summed E-state index contributed by atoms with van der Waals surface area (Å²) >= 11 is 18.7. The first-order chi connectivity index (χ1) is 15.5. The van der Waals surface area contributed by atoms with Crippen molar-refractivity contribution in [3.63, 3.8) is 0 Å². The van der Waals surface area contributed by atoms with Crippen molar-refractivity contribution in [3.8, 4) is 11.8 Å². The molecule has 164 valence electrons. The second-order valence-corrected chi connectivity index (χ2v) is 8.35. The lowest BCUT2D eigenvalue weighted by atomic mass is 10.0. The molecule has 7 nitrogen and oxygen atoms in total. The highest BCUT2D eigenvalue weighted by molar-refractivity contribution is 6.37. The van der Waals surface area contributed by atoms with Crippen molar-refractivity contribution in [1.82, 2.24) is 15.3 Å². The van der Waals surface area contributed by atoms with Gasteiger partial charge < -0.3 is 15.0 Å². The van der Waals surface area contributed by atoms with Gasteiger partial charge in [0.1, 0.15) is 0 Å². The fraction of sp³-hybridized carbons (Fsp3) is 0.273.